The van der Waals surface area contributed by atoms with Gasteiger partial charge in [0.05, 0.1) is 33.5 Å². The van der Waals surface area contributed by atoms with Gasteiger partial charge in [-0.15, -0.1) is 5.10 Å². The highest BCUT2D eigenvalue weighted by atomic mass is 79.9. The van der Waals surface area contributed by atoms with Gasteiger partial charge in [0, 0.05) is 6.54 Å². The molecule has 2 aromatic rings. The minimum absolute atomic E-state index is 0.0819. The van der Waals surface area contributed by atoms with Crippen molar-refractivity contribution in [2.24, 2.45) is 0 Å². The molecule has 0 bridgehead atoms. The maximum atomic E-state index is 4.38. The van der Waals surface area contributed by atoms with Crippen molar-refractivity contribution in [3.8, 4) is 0 Å². The largest absolute Gasteiger partial charge is 0.307 e. The van der Waals surface area contributed by atoms with Gasteiger partial charge in [-0.1, -0.05) is 11.4 Å². The quantitative estimate of drug-likeness (QED) is 0.919. The second-order valence-electron chi connectivity index (χ2n) is 3.64. The normalized spacial score (nSPS) is 12.9. The lowest BCUT2D eigenvalue weighted by molar-refractivity contribution is 0.536. The summed E-state index contributed by atoms with van der Waals surface area (Å²) in [6, 6.07) is 0.0819. The zero-order valence-corrected chi connectivity index (χ0v) is 12.1. The third kappa shape index (κ3) is 2.56. The first-order valence-electron chi connectivity index (χ1n) is 5.43. The number of hydrogen-bond acceptors (Lipinski definition) is 5. The Kier molecular flexibility index (Phi) is 4.25. The Bertz CT molecular complexity index is 467. The Morgan fingerprint density at radius 3 is 2.94 bits per heavy atom. The molecule has 0 spiro atoms. The molecule has 0 fully saturated rings. The van der Waals surface area contributed by atoms with E-state index in [2.05, 4.69) is 42.9 Å². The number of aromatic nitrogens is 4. The molecule has 0 amide bonds. The van der Waals surface area contributed by atoms with E-state index < -0.39 is 0 Å². The summed E-state index contributed by atoms with van der Waals surface area (Å²) in [5.74, 6) is 0. The van der Waals surface area contributed by atoms with E-state index in [1.165, 1.54) is 11.5 Å². The lowest BCUT2D eigenvalue weighted by atomic mass is 10.2. The number of rotatable bonds is 5. The van der Waals surface area contributed by atoms with E-state index in [0.29, 0.717) is 0 Å². The van der Waals surface area contributed by atoms with Crippen LogP contribution in [0.2, 0.25) is 0 Å². The predicted octanol–water partition coefficient (Wildman–Crippen LogP) is 2.22. The van der Waals surface area contributed by atoms with Crippen LogP contribution in [0.3, 0.4) is 0 Å². The Morgan fingerprint density at radius 1 is 1.53 bits per heavy atom. The first-order chi connectivity index (χ1) is 8.27. The molecule has 7 heteroatoms. The van der Waals surface area contributed by atoms with Crippen LogP contribution in [0.4, 0.5) is 0 Å². The first-order valence-corrected chi connectivity index (χ1v) is 7.00. The summed E-state index contributed by atoms with van der Waals surface area (Å²) in [4.78, 5) is 1.09. The number of aryl methyl sites for hydroxylation is 1. The summed E-state index contributed by atoms with van der Waals surface area (Å²) >= 11 is 4.96. The molecule has 0 saturated carbocycles. The van der Waals surface area contributed by atoms with E-state index >= 15 is 0 Å². The van der Waals surface area contributed by atoms with Crippen LogP contribution in [-0.4, -0.2) is 26.4 Å². The molecule has 0 radical (unpaired) electrons. The fourth-order valence-corrected chi connectivity index (χ4v) is 2.91. The minimum atomic E-state index is 0.0819. The Balaban J connectivity index is 2.39. The van der Waals surface area contributed by atoms with Gasteiger partial charge in [0.15, 0.2) is 0 Å². The van der Waals surface area contributed by atoms with Crippen LogP contribution in [0.1, 0.15) is 30.0 Å². The second kappa shape index (κ2) is 5.70. The molecule has 0 saturated heterocycles. The van der Waals surface area contributed by atoms with Gasteiger partial charge < -0.3 is 5.32 Å². The molecule has 1 N–H and O–H groups in total. The van der Waals surface area contributed by atoms with Crippen LogP contribution in [0.5, 0.6) is 0 Å². The van der Waals surface area contributed by atoms with Gasteiger partial charge in [0.2, 0.25) is 0 Å². The van der Waals surface area contributed by atoms with E-state index in [4.69, 9.17) is 0 Å². The van der Waals surface area contributed by atoms with Crippen molar-refractivity contribution in [1.82, 2.24) is 24.7 Å². The fraction of sp³-hybridized carbons (Fsp3) is 0.500. The van der Waals surface area contributed by atoms with Crippen LogP contribution in [0, 0.1) is 0 Å². The molecular formula is C10H14BrN5S. The average molecular weight is 316 g/mol. The summed E-state index contributed by atoms with van der Waals surface area (Å²) in [5, 5.41) is 11.6. The highest BCUT2D eigenvalue weighted by Crippen LogP contribution is 2.29. The molecule has 5 nitrogen and oxygen atoms in total. The highest BCUT2D eigenvalue weighted by molar-refractivity contribution is 9.10. The van der Waals surface area contributed by atoms with Gasteiger partial charge in [0.1, 0.15) is 0 Å². The van der Waals surface area contributed by atoms with Gasteiger partial charge in [0.25, 0.3) is 0 Å². The number of nitrogens with one attached hydrogen (secondary N) is 1. The number of nitrogens with zero attached hydrogens (tertiary/aromatic N) is 4. The van der Waals surface area contributed by atoms with E-state index in [-0.39, 0.29) is 6.04 Å². The standard InChI is InChI=1S/C10H14BrN5S/c1-3-4-16-10(7(11)5-14-16)9(12-2)8-6-13-15-17-8/h5-6,9,12H,3-4H2,1-2H3. The summed E-state index contributed by atoms with van der Waals surface area (Å²) < 4.78 is 6.94. The van der Waals surface area contributed by atoms with Crippen molar-refractivity contribution in [2.45, 2.75) is 25.9 Å². The summed E-state index contributed by atoms with van der Waals surface area (Å²) in [6.45, 7) is 3.05. The van der Waals surface area contributed by atoms with Crippen LogP contribution in [0.25, 0.3) is 0 Å². The zero-order chi connectivity index (χ0) is 12.3. The molecule has 1 unspecified atom stereocenters. The molecule has 1 atom stereocenters. The van der Waals surface area contributed by atoms with Gasteiger partial charge in [-0.25, -0.2) is 0 Å². The van der Waals surface area contributed by atoms with Crippen molar-refractivity contribution >= 4 is 27.5 Å². The lowest BCUT2D eigenvalue weighted by Crippen LogP contribution is -2.21. The Hall–Kier alpha value is -0.790. The fourth-order valence-electron chi connectivity index (χ4n) is 1.76. The van der Waals surface area contributed by atoms with Crippen LogP contribution < -0.4 is 5.32 Å². The van der Waals surface area contributed by atoms with Crippen molar-refractivity contribution in [2.75, 3.05) is 7.05 Å². The molecule has 0 aliphatic rings. The molecule has 0 aliphatic carbocycles. The maximum Gasteiger partial charge on any atom is 0.0883 e. The van der Waals surface area contributed by atoms with Crippen LogP contribution in [-0.2, 0) is 6.54 Å². The third-order valence-corrected chi connectivity index (χ3v) is 3.83. The van der Waals surface area contributed by atoms with Crippen molar-refractivity contribution in [1.29, 1.82) is 0 Å². The van der Waals surface area contributed by atoms with E-state index in [1.54, 1.807) is 6.20 Å². The molecule has 17 heavy (non-hydrogen) atoms. The molecular weight excluding hydrogens is 302 g/mol. The lowest BCUT2D eigenvalue weighted by Gasteiger charge is -2.16. The van der Waals surface area contributed by atoms with Crippen molar-refractivity contribution < 1.29 is 0 Å². The smallest absolute Gasteiger partial charge is 0.0883 e. The summed E-state index contributed by atoms with van der Waals surface area (Å²) in [7, 11) is 1.93. The number of halogens is 1. The monoisotopic (exact) mass is 315 g/mol. The maximum absolute atomic E-state index is 4.38. The molecule has 0 aromatic carbocycles. The van der Waals surface area contributed by atoms with Crippen molar-refractivity contribution in [3.05, 3.63) is 27.4 Å². The molecule has 0 aliphatic heterocycles. The van der Waals surface area contributed by atoms with Gasteiger partial charge >= 0.3 is 0 Å². The molecule has 92 valence electrons. The van der Waals surface area contributed by atoms with Gasteiger partial charge in [-0.2, -0.15) is 5.10 Å². The van der Waals surface area contributed by atoms with E-state index in [0.717, 1.165) is 28.0 Å². The predicted molar refractivity (Wildman–Crippen MR) is 71.0 cm³/mol. The zero-order valence-electron chi connectivity index (χ0n) is 9.72. The van der Waals surface area contributed by atoms with Crippen LogP contribution in [0.15, 0.2) is 16.9 Å². The first kappa shape index (κ1) is 12.7. The second-order valence-corrected chi connectivity index (χ2v) is 5.31. The van der Waals surface area contributed by atoms with Gasteiger partial charge in [-0.3, -0.25) is 4.68 Å². The minimum Gasteiger partial charge on any atom is -0.307 e. The highest BCUT2D eigenvalue weighted by Gasteiger charge is 2.21. The topological polar surface area (TPSA) is 55.6 Å². The SMILES string of the molecule is CCCn1ncc(Br)c1C(NC)c1cnns1. The molecule has 2 aromatic heterocycles. The molecule has 2 heterocycles. The summed E-state index contributed by atoms with van der Waals surface area (Å²) in [5.41, 5.74) is 1.13. The van der Waals surface area contributed by atoms with Gasteiger partial charge in [-0.05, 0) is 40.9 Å². The average Bonchev–Trinajstić information content (AvgIpc) is 2.94. The Labute approximate surface area is 113 Å². The van der Waals surface area contributed by atoms with E-state index in [9.17, 15) is 0 Å². The van der Waals surface area contributed by atoms with Crippen LogP contribution >= 0.6 is 27.5 Å². The van der Waals surface area contributed by atoms with E-state index in [1.807, 2.05) is 17.9 Å². The molecule has 2 rings (SSSR count). The van der Waals surface area contributed by atoms with Crippen molar-refractivity contribution in [3.63, 3.8) is 0 Å². The number of hydrogen-bond donors (Lipinski definition) is 1. The third-order valence-electron chi connectivity index (χ3n) is 2.49. The summed E-state index contributed by atoms with van der Waals surface area (Å²) in [6.07, 6.45) is 4.68. The Morgan fingerprint density at radius 2 is 2.35 bits per heavy atom.